The van der Waals surface area contributed by atoms with Gasteiger partial charge in [0.05, 0.1) is 0 Å². The lowest BCUT2D eigenvalue weighted by Crippen LogP contribution is -2.49. The summed E-state index contributed by atoms with van der Waals surface area (Å²) in [4.78, 5) is 0. The first-order valence-electron chi connectivity index (χ1n) is 5.36. The molecule has 0 aliphatic heterocycles. The standard InChI is InChI=1S/C11H18/c1-7-6-8-2-3-10(8)11-5-4-9(7)11/h7-11H,2-6H2,1H3/t7?,8?,9?,10?,11-/m0/s1. The summed E-state index contributed by atoms with van der Waals surface area (Å²) >= 11 is 0. The van der Waals surface area contributed by atoms with Crippen LogP contribution >= 0.6 is 0 Å². The van der Waals surface area contributed by atoms with E-state index in [1.807, 2.05) is 0 Å². The molecule has 62 valence electrons. The van der Waals surface area contributed by atoms with E-state index in [9.17, 15) is 0 Å². The average molecular weight is 150 g/mol. The van der Waals surface area contributed by atoms with Crippen molar-refractivity contribution < 1.29 is 0 Å². The number of hydrogen-bond acceptors (Lipinski definition) is 0. The molecule has 0 bridgehead atoms. The smallest absolute Gasteiger partial charge is 0.0352 e. The van der Waals surface area contributed by atoms with Gasteiger partial charge in [0, 0.05) is 0 Å². The topological polar surface area (TPSA) is 0 Å². The Hall–Kier alpha value is 0. The van der Waals surface area contributed by atoms with Gasteiger partial charge >= 0.3 is 0 Å². The van der Waals surface area contributed by atoms with Crippen LogP contribution in [0.3, 0.4) is 0 Å². The Morgan fingerprint density at radius 3 is 2.09 bits per heavy atom. The van der Waals surface area contributed by atoms with E-state index in [4.69, 9.17) is 0 Å². The summed E-state index contributed by atoms with van der Waals surface area (Å²) in [6.07, 6.45) is 7.87. The first-order valence-corrected chi connectivity index (χ1v) is 5.36. The minimum atomic E-state index is 1.08. The van der Waals surface area contributed by atoms with Crippen molar-refractivity contribution in [3.63, 3.8) is 0 Å². The van der Waals surface area contributed by atoms with E-state index in [0.29, 0.717) is 0 Å². The summed E-state index contributed by atoms with van der Waals surface area (Å²) in [6, 6.07) is 0. The van der Waals surface area contributed by atoms with Gasteiger partial charge in [-0.3, -0.25) is 0 Å². The zero-order valence-electron chi connectivity index (χ0n) is 7.42. The van der Waals surface area contributed by atoms with Crippen molar-refractivity contribution in [2.75, 3.05) is 0 Å². The Bertz CT molecular complexity index is 163. The van der Waals surface area contributed by atoms with Gasteiger partial charge in [-0.1, -0.05) is 6.92 Å². The Kier molecular flexibility index (Phi) is 1.20. The maximum Gasteiger partial charge on any atom is -0.0352 e. The van der Waals surface area contributed by atoms with Crippen molar-refractivity contribution in [1.82, 2.24) is 0 Å². The third-order valence-electron chi connectivity index (χ3n) is 4.81. The molecule has 0 saturated heterocycles. The van der Waals surface area contributed by atoms with Crippen LogP contribution < -0.4 is 0 Å². The second-order valence-corrected chi connectivity index (χ2v) is 5.12. The van der Waals surface area contributed by atoms with Crippen molar-refractivity contribution in [2.45, 2.75) is 39.0 Å². The van der Waals surface area contributed by atoms with Gasteiger partial charge in [0.15, 0.2) is 0 Å². The third kappa shape index (κ3) is 0.711. The normalized spacial score (nSPS) is 60.3. The maximum atomic E-state index is 2.49. The molecule has 5 atom stereocenters. The molecule has 4 unspecified atom stereocenters. The summed E-state index contributed by atoms with van der Waals surface area (Å²) in [6.45, 7) is 2.49. The lowest BCUT2D eigenvalue weighted by atomic mass is 9.48. The second kappa shape index (κ2) is 2.02. The Balaban J connectivity index is 1.80. The number of fused-ring (bicyclic) bond motifs is 3. The molecule has 0 amide bonds. The molecular weight excluding hydrogens is 132 g/mol. The molecule has 0 aromatic carbocycles. The highest BCUT2D eigenvalue weighted by molar-refractivity contribution is 5.00. The SMILES string of the molecule is CC1CC2CCC2[C@H]2CCC12. The molecule has 0 aromatic rings. The van der Waals surface area contributed by atoms with Crippen LogP contribution in [0.15, 0.2) is 0 Å². The van der Waals surface area contributed by atoms with E-state index in [-0.39, 0.29) is 0 Å². The molecule has 0 spiro atoms. The molecule has 11 heavy (non-hydrogen) atoms. The zero-order chi connectivity index (χ0) is 7.42. The van der Waals surface area contributed by atoms with Gasteiger partial charge in [-0.25, -0.2) is 0 Å². The van der Waals surface area contributed by atoms with Gasteiger partial charge in [0.2, 0.25) is 0 Å². The lowest BCUT2D eigenvalue weighted by molar-refractivity contribution is -0.0784. The average Bonchev–Trinajstić information content (AvgIpc) is 1.88. The molecule has 0 heteroatoms. The molecule has 3 fully saturated rings. The van der Waals surface area contributed by atoms with E-state index in [1.54, 1.807) is 32.1 Å². The summed E-state index contributed by atoms with van der Waals surface area (Å²) < 4.78 is 0. The molecule has 0 heterocycles. The quantitative estimate of drug-likeness (QED) is 0.498. The Morgan fingerprint density at radius 2 is 1.55 bits per heavy atom. The molecule has 0 N–H and O–H groups in total. The highest BCUT2D eigenvalue weighted by Crippen LogP contribution is 2.59. The van der Waals surface area contributed by atoms with Gasteiger partial charge in [-0.2, -0.15) is 0 Å². The van der Waals surface area contributed by atoms with Crippen molar-refractivity contribution in [3.8, 4) is 0 Å². The van der Waals surface area contributed by atoms with Gasteiger partial charge in [-0.05, 0) is 61.7 Å². The third-order valence-corrected chi connectivity index (χ3v) is 4.81. The van der Waals surface area contributed by atoms with Crippen LogP contribution in [0.5, 0.6) is 0 Å². The molecule has 3 aliphatic rings. The van der Waals surface area contributed by atoms with Crippen LogP contribution in [0.4, 0.5) is 0 Å². The van der Waals surface area contributed by atoms with Gasteiger partial charge in [0.25, 0.3) is 0 Å². The summed E-state index contributed by atoms with van der Waals surface area (Å²) in [5.74, 6) is 5.81. The van der Waals surface area contributed by atoms with Crippen LogP contribution in [0.25, 0.3) is 0 Å². The Morgan fingerprint density at radius 1 is 0.818 bits per heavy atom. The summed E-state index contributed by atoms with van der Waals surface area (Å²) in [5.41, 5.74) is 0. The maximum absolute atomic E-state index is 2.49. The van der Waals surface area contributed by atoms with Crippen LogP contribution in [-0.4, -0.2) is 0 Å². The molecule has 3 aliphatic carbocycles. The lowest BCUT2D eigenvalue weighted by Gasteiger charge is -2.57. The van der Waals surface area contributed by atoms with Crippen molar-refractivity contribution >= 4 is 0 Å². The number of rotatable bonds is 0. The van der Waals surface area contributed by atoms with Crippen molar-refractivity contribution in [2.24, 2.45) is 29.6 Å². The highest BCUT2D eigenvalue weighted by atomic mass is 14.6. The fourth-order valence-electron chi connectivity index (χ4n) is 3.89. The fraction of sp³-hybridized carbons (Fsp3) is 1.00. The fourth-order valence-corrected chi connectivity index (χ4v) is 3.89. The van der Waals surface area contributed by atoms with Crippen LogP contribution in [-0.2, 0) is 0 Å². The molecule has 0 aromatic heterocycles. The van der Waals surface area contributed by atoms with E-state index >= 15 is 0 Å². The molecule has 3 saturated carbocycles. The predicted octanol–water partition coefficient (Wildman–Crippen LogP) is 3.08. The van der Waals surface area contributed by atoms with Crippen LogP contribution in [0.1, 0.15) is 39.0 Å². The molecular formula is C11H18. The van der Waals surface area contributed by atoms with E-state index in [1.165, 1.54) is 17.8 Å². The first kappa shape index (κ1) is 6.51. The van der Waals surface area contributed by atoms with Gasteiger partial charge in [0.1, 0.15) is 0 Å². The molecule has 3 rings (SSSR count). The highest BCUT2D eigenvalue weighted by Gasteiger charge is 2.50. The van der Waals surface area contributed by atoms with E-state index in [0.717, 1.165) is 11.8 Å². The van der Waals surface area contributed by atoms with E-state index in [2.05, 4.69) is 6.92 Å². The largest absolute Gasteiger partial charge is 0.0622 e. The predicted molar refractivity (Wildman–Crippen MR) is 46.2 cm³/mol. The second-order valence-electron chi connectivity index (χ2n) is 5.12. The van der Waals surface area contributed by atoms with Crippen LogP contribution in [0.2, 0.25) is 0 Å². The minimum Gasteiger partial charge on any atom is -0.0622 e. The zero-order valence-corrected chi connectivity index (χ0v) is 7.42. The van der Waals surface area contributed by atoms with Gasteiger partial charge in [-0.15, -0.1) is 0 Å². The molecule has 0 radical (unpaired) electrons. The number of hydrogen-bond donors (Lipinski definition) is 0. The summed E-state index contributed by atoms with van der Waals surface area (Å²) in [5, 5.41) is 0. The summed E-state index contributed by atoms with van der Waals surface area (Å²) in [7, 11) is 0. The van der Waals surface area contributed by atoms with E-state index < -0.39 is 0 Å². The monoisotopic (exact) mass is 150 g/mol. The molecule has 0 nitrogen and oxygen atoms in total. The van der Waals surface area contributed by atoms with Crippen molar-refractivity contribution in [3.05, 3.63) is 0 Å². The first-order chi connectivity index (χ1) is 5.36. The van der Waals surface area contributed by atoms with Crippen LogP contribution in [0, 0.1) is 29.6 Å². The van der Waals surface area contributed by atoms with Gasteiger partial charge < -0.3 is 0 Å². The Labute approximate surface area is 69.4 Å². The minimum absolute atomic E-state index is 1.08. The van der Waals surface area contributed by atoms with Crippen molar-refractivity contribution in [1.29, 1.82) is 0 Å².